The summed E-state index contributed by atoms with van der Waals surface area (Å²) in [4.78, 5) is 4.69. The van der Waals surface area contributed by atoms with Gasteiger partial charge in [-0.25, -0.2) is 0 Å². The first-order valence-electron chi connectivity index (χ1n) is 7.79. The predicted molar refractivity (Wildman–Crippen MR) is 90.7 cm³/mol. The van der Waals surface area contributed by atoms with E-state index in [1.807, 2.05) is 18.2 Å². The molecule has 0 saturated carbocycles. The van der Waals surface area contributed by atoms with Crippen molar-refractivity contribution in [2.75, 3.05) is 0 Å². The van der Waals surface area contributed by atoms with Crippen molar-refractivity contribution in [2.24, 2.45) is 0 Å². The van der Waals surface area contributed by atoms with Crippen LogP contribution in [0.1, 0.15) is 11.1 Å². The van der Waals surface area contributed by atoms with Crippen LogP contribution in [0.4, 0.5) is 0 Å². The molecule has 1 aliphatic rings. The van der Waals surface area contributed by atoms with Crippen molar-refractivity contribution in [1.29, 1.82) is 0 Å². The van der Waals surface area contributed by atoms with Gasteiger partial charge in [-0.3, -0.25) is 4.40 Å². The van der Waals surface area contributed by atoms with E-state index >= 15 is 0 Å². The van der Waals surface area contributed by atoms with Gasteiger partial charge in [0.1, 0.15) is 0 Å². The van der Waals surface area contributed by atoms with Gasteiger partial charge in [0.05, 0.1) is 16.6 Å². The minimum absolute atomic E-state index is 0.665. The second-order valence-electron chi connectivity index (χ2n) is 6.13. The van der Waals surface area contributed by atoms with Crippen molar-refractivity contribution in [3.63, 3.8) is 0 Å². The summed E-state index contributed by atoms with van der Waals surface area (Å²) in [5, 5.41) is 0. The van der Waals surface area contributed by atoms with E-state index in [1.54, 1.807) is 0 Å². The SMILES string of the molecule is c1ccc2c(c1)Cc1cc3nc4oc5ccccc5n4c3cc1-2. The standard InChI is InChI=1S/C20H12N2O/c1-2-6-14-12(5-1)9-13-10-16-18(11-15(13)14)22-17-7-3-4-8-19(17)23-20(22)21-16/h1-8,10-11H,9H2. The van der Waals surface area contributed by atoms with Crippen LogP contribution in [-0.4, -0.2) is 9.38 Å². The maximum atomic E-state index is 5.89. The molecule has 0 N–H and O–H groups in total. The van der Waals surface area contributed by atoms with Crippen LogP contribution in [0.2, 0.25) is 0 Å². The Morgan fingerprint density at radius 3 is 2.70 bits per heavy atom. The Morgan fingerprint density at radius 1 is 0.826 bits per heavy atom. The molecule has 0 radical (unpaired) electrons. The lowest BCUT2D eigenvalue weighted by Gasteiger charge is -2.01. The summed E-state index contributed by atoms with van der Waals surface area (Å²) in [6, 6.07) is 21.2. The van der Waals surface area contributed by atoms with Gasteiger partial charge in [0.15, 0.2) is 5.58 Å². The first kappa shape index (κ1) is 11.5. The highest BCUT2D eigenvalue weighted by atomic mass is 16.4. The molecule has 0 saturated heterocycles. The van der Waals surface area contributed by atoms with Crippen LogP contribution in [0.25, 0.3) is 39.1 Å². The van der Waals surface area contributed by atoms with E-state index in [1.165, 1.54) is 22.3 Å². The highest BCUT2D eigenvalue weighted by Crippen LogP contribution is 2.39. The zero-order valence-electron chi connectivity index (χ0n) is 12.3. The van der Waals surface area contributed by atoms with E-state index in [0.717, 1.165) is 28.6 Å². The van der Waals surface area contributed by atoms with Crippen LogP contribution >= 0.6 is 0 Å². The Hall–Kier alpha value is -3.07. The highest BCUT2D eigenvalue weighted by Gasteiger charge is 2.21. The quantitative estimate of drug-likeness (QED) is 0.403. The summed E-state index contributed by atoms with van der Waals surface area (Å²) < 4.78 is 8.01. The van der Waals surface area contributed by atoms with Crippen molar-refractivity contribution < 1.29 is 4.42 Å². The molecule has 0 fully saturated rings. The largest absolute Gasteiger partial charge is 0.423 e. The fraction of sp³-hybridized carbons (Fsp3) is 0.0500. The molecule has 2 aromatic heterocycles. The van der Waals surface area contributed by atoms with Crippen molar-refractivity contribution in [2.45, 2.75) is 6.42 Å². The number of hydrogen-bond acceptors (Lipinski definition) is 2. The summed E-state index contributed by atoms with van der Waals surface area (Å²) >= 11 is 0. The van der Waals surface area contributed by atoms with Gasteiger partial charge in [-0.15, -0.1) is 0 Å². The average Bonchev–Trinajstić information content (AvgIpc) is 3.21. The van der Waals surface area contributed by atoms with Crippen LogP contribution in [0, 0.1) is 0 Å². The zero-order valence-corrected chi connectivity index (χ0v) is 12.3. The van der Waals surface area contributed by atoms with Gasteiger partial charge >= 0.3 is 5.84 Å². The number of para-hydroxylation sites is 2. The van der Waals surface area contributed by atoms with Gasteiger partial charge in [0.2, 0.25) is 0 Å². The molecular formula is C20H12N2O. The van der Waals surface area contributed by atoms with Crippen molar-refractivity contribution in [3.8, 4) is 11.1 Å². The Labute approximate surface area is 131 Å². The number of nitrogens with zero attached hydrogens (tertiary/aromatic N) is 2. The first-order chi connectivity index (χ1) is 11.4. The molecule has 1 aliphatic carbocycles. The molecule has 5 aromatic rings. The van der Waals surface area contributed by atoms with E-state index in [2.05, 4.69) is 51.8 Å². The van der Waals surface area contributed by atoms with Crippen molar-refractivity contribution in [3.05, 3.63) is 71.8 Å². The Balaban J connectivity index is 1.78. The average molecular weight is 296 g/mol. The topological polar surface area (TPSA) is 30.4 Å². The lowest BCUT2D eigenvalue weighted by Crippen LogP contribution is -1.84. The van der Waals surface area contributed by atoms with Gasteiger partial charge in [0, 0.05) is 0 Å². The summed E-state index contributed by atoms with van der Waals surface area (Å²) in [6.45, 7) is 0. The van der Waals surface area contributed by atoms with Gasteiger partial charge in [-0.2, -0.15) is 4.98 Å². The fourth-order valence-electron chi connectivity index (χ4n) is 3.81. The number of imidazole rings is 1. The molecule has 0 amide bonds. The molecule has 23 heavy (non-hydrogen) atoms. The summed E-state index contributed by atoms with van der Waals surface area (Å²) in [5.41, 5.74) is 9.46. The lowest BCUT2D eigenvalue weighted by atomic mass is 10.1. The van der Waals surface area contributed by atoms with E-state index < -0.39 is 0 Å². The summed E-state index contributed by atoms with van der Waals surface area (Å²) in [7, 11) is 0. The lowest BCUT2D eigenvalue weighted by molar-refractivity contribution is 0.643. The summed E-state index contributed by atoms with van der Waals surface area (Å²) in [6.07, 6.45) is 0.987. The predicted octanol–water partition coefficient (Wildman–Crippen LogP) is 4.80. The van der Waals surface area contributed by atoms with Crippen LogP contribution in [0.3, 0.4) is 0 Å². The number of oxazole rings is 1. The third kappa shape index (κ3) is 1.37. The third-order valence-electron chi connectivity index (χ3n) is 4.84. The molecular weight excluding hydrogens is 284 g/mol. The molecule has 6 rings (SSSR count). The van der Waals surface area contributed by atoms with Gasteiger partial charge in [-0.1, -0.05) is 36.4 Å². The first-order valence-corrected chi connectivity index (χ1v) is 7.79. The molecule has 108 valence electrons. The molecule has 0 bridgehead atoms. The maximum Gasteiger partial charge on any atom is 0.307 e. The van der Waals surface area contributed by atoms with E-state index in [0.29, 0.717) is 5.84 Å². The molecule has 0 aliphatic heterocycles. The molecule has 3 heteroatoms. The van der Waals surface area contributed by atoms with Crippen LogP contribution in [-0.2, 0) is 6.42 Å². The minimum Gasteiger partial charge on any atom is -0.423 e. The van der Waals surface area contributed by atoms with Crippen molar-refractivity contribution >= 4 is 28.0 Å². The van der Waals surface area contributed by atoms with Crippen LogP contribution < -0.4 is 0 Å². The van der Waals surface area contributed by atoms with Crippen molar-refractivity contribution in [1.82, 2.24) is 9.38 Å². The zero-order chi connectivity index (χ0) is 15.0. The maximum absolute atomic E-state index is 5.89. The molecule has 2 heterocycles. The number of hydrogen-bond donors (Lipinski definition) is 0. The number of aromatic nitrogens is 2. The fourth-order valence-corrected chi connectivity index (χ4v) is 3.81. The normalized spacial score (nSPS) is 13.0. The Kier molecular flexibility index (Phi) is 1.91. The van der Waals surface area contributed by atoms with E-state index in [-0.39, 0.29) is 0 Å². The van der Waals surface area contributed by atoms with Crippen LogP contribution in [0.15, 0.2) is 65.1 Å². The van der Waals surface area contributed by atoms with Gasteiger partial charge in [-0.05, 0) is 52.9 Å². The molecule has 0 atom stereocenters. The van der Waals surface area contributed by atoms with Crippen LogP contribution in [0.5, 0.6) is 0 Å². The molecule has 3 aromatic carbocycles. The van der Waals surface area contributed by atoms with Gasteiger partial charge < -0.3 is 4.42 Å². The highest BCUT2D eigenvalue weighted by molar-refractivity contribution is 5.93. The van der Waals surface area contributed by atoms with E-state index in [9.17, 15) is 0 Å². The van der Waals surface area contributed by atoms with Gasteiger partial charge in [0.25, 0.3) is 0 Å². The third-order valence-corrected chi connectivity index (χ3v) is 4.84. The van der Waals surface area contributed by atoms with E-state index in [4.69, 9.17) is 4.42 Å². The molecule has 3 nitrogen and oxygen atoms in total. The number of fused-ring (bicyclic) bond motifs is 8. The molecule has 0 unspecified atom stereocenters. The smallest absolute Gasteiger partial charge is 0.307 e. The Morgan fingerprint density at radius 2 is 1.70 bits per heavy atom. The second kappa shape index (κ2) is 3.82. The minimum atomic E-state index is 0.665. The number of benzene rings is 3. The number of rotatable bonds is 0. The second-order valence-corrected chi connectivity index (χ2v) is 6.13. The Bertz CT molecular complexity index is 1240. The summed E-state index contributed by atoms with van der Waals surface area (Å²) in [5.74, 6) is 0.665. The monoisotopic (exact) mass is 296 g/mol. The molecule has 0 spiro atoms.